The van der Waals surface area contributed by atoms with Gasteiger partial charge in [-0.1, -0.05) is 30.3 Å². The van der Waals surface area contributed by atoms with Gasteiger partial charge >= 0.3 is 6.36 Å². The second-order valence-corrected chi connectivity index (χ2v) is 5.10. The van der Waals surface area contributed by atoms with Crippen LogP contribution in [0.1, 0.15) is 5.56 Å². The Morgan fingerprint density at radius 1 is 0.880 bits per heavy atom. The van der Waals surface area contributed by atoms with E-state index in [9.17, 15) is 22.8 Å². The molecule has 0 aliphatic carbocycles. The Kier molecular flexibility index (Phi) is 4.18. The molecule has 2 aromatic carbocycles. The maximum absolute atomic E-state index is 12.2. The Balaban J connectivity index is 1.88. The van der Waals surface area contributed by atoms with Crippen molar-refractivity contribution in [2.75, 3.05) is 5.32 Å². The summed E-state index contributed by atoms with van der Waals surface area (Å²) < 4.78 is 40.3. The zero-order chi connectivity index (χ0) is 18.0. The maximum atomic E-state index is 12.2. The van der Waals surface area contributed by atoms with Crippen molar-refractivity contribution in [3.63, 3.8) is 0 Å². The second kappa shape index (κ2) is 6.31. The molecule has 0 unspecified atom stereocenters. The minimum Gasteiger partial charge on any atom is -0.406 e. The Labute approximate surface area is 140 Å². The molecule has 128 valence electrons. The summed E-state index contributed by atoms with van der Waals surface area (Å²) in [6, 6.07) is 13.4. The smallest absolute Gasteiger partial charge is 0.406 e. The molecule has 0 radical (unpaired) electrons. The van der Waals surface area contributed by atoms with Crippen LogP contribution in [0.4, 0.5) is 18.9 Å². The van der Waals surface area contributed by atoms with Crippen LogP contribution in [0.25, 0.3) is 5.57 Å². The SMILES string of the molecule is O=C1NC(=O)C(c2ccccc2)=C1Nc1ccc(OC(F)(F)F)cc1. The number of rotatable bonds is 4. The van der Waals surface area contributed by atoms with E-state index in [0.29, 0.717) is 11.3 Å². The Hall–Kier alpha value is -3.29. The van der Waals surface area contributed by atoms with E-state index in [1.165, 1.54) is 12.1 Å². The quantitative estimate of drug-likeness (QED) is 0.834. The molecule has 5 nitrogen and oxygen atoms in total. The van der Waals surface area contributed by atoms with Crippen LogP contribution in [-0.4, -0.2) is 18.2 Å². The van der Waals surface area contributed by atoms with E-state index < -0.39 is 18.2 Å². The highest BCUT2D eigenvalue weighted by Crippen LogP contribution is 2.27. The van der Waals surface area contributed by atoms with Crippen molar-refractivity contribution < 1.29 is 27.5 Å². The van der Waals surface area contributed by atoms with Gasteiger partial charge in [0.1, 0.15) is 11.4 Å². The van der Waals surface area contributed by atoms with Gasteiger partial charge in [-0.25, -0.2) is 0 Å². The molecule has 0 fully saturated rings. The lowest BCUT2D eigenvalue weighted by molar-refractivity contribution is -0.274. The van der Waals surface area contributed by atoms with Gasteiger partial charge in [0.15, 0.2) is 0 Å². The number of carbonyl (C=O) groups excluding carboxylic acids is 2. The molecule has 0 saturated carbocycles. The van der Waals surface area contributed by atoms with Crippen LogP contribution in [0.3, 0.4) is 0 Å². The summed E-state index contributed by atoms with van der Waals surface area (Å²) in [4.78, 5) is 24.0. The van der Waals surface area contributed by atoms with E-state index in [4.69, 9.17) is 0 Å². The molecule has 0 bridgehead atoms. The number of benzene rings is 2. The number of hydrogen-bond acceptors (Lipinski definition) is 4. The van der Waals surface area contributed by atoms with Crippen molar-refractivity contribution in [3.8, 4) is 5.75 Å². The average Bonchev–Trinajstić information content (AvgIpc) is 2.82. The summed E-state index contributed by atoms with van der Waals surface area (Å²) in [5, 5.41) is 4.96. The molecular weight excluding hydrogens is 337 g/mol. The average molecular weight is 348 g/mol. The fraction of sp³-hybridized carbons (Fsp3) is 0.0588. The second-order valence-electron chi connectivity index (χ2n) is 5.10. The number of alkyl halides is 3. The van der Waals surface area contributed by atoms with Gasteiger partial charge in [-0.3, -0.25) is 14.9 Å². The number of halogens is 3. The molecule has 1 heterocycles. The lowest BCUT2D eigenvalue weighted by atomic mass is 10.0. The van der Waals surface area contributed by atoms with Crippen LogP contribution in [0.5, 0.6) is 5.75 Å². The van der Waals surface area contributed by atoms with E-state index in [1.807, 2.05) is 0 Å². The normalized spacial score (nSPS) is 14.5. The number of ether oxygens (including phenoxy) is 1. The Bertz CT molecular complexity index is 844. The number of hydrogen-bond donors (Lipinski definition) is 2. The first-order valence-corrected chi connectivity index (χ1v) is 7.12. The molecule has 2 aromatic rings. The largest absolute Gasteiger partial charge is 0.573 e. The number of nitrogens with one attached hydrogen (secondary N) is 2. The van der Waals surface area contributed by atoms with Crippen LogP contribution in [0.2, 0.25) is 0 Å². The molecule has 25 heavy (non-hydrogen) atoms. The molecule has 3 rings (SSSR count). The predicted octanol–water partition coefficient (Wildman–Crippen LogP) is 3.06. The highest BCUT2D eigenvalue weighted by molar-refractivity contribution is 6.36. The third-order valence-electron chi connectivity index (χ3n) is 3.35. The van der Waals surface area contributed by atoms with Crippen LogP contribution in [-0.2, 0) is 9.59 Å². The third kappa shape index (κ3) is 3.79. The molecule has 8 heteroatoms. The fourth-order valence-corrected chi connectivity index (χ4v) is 2.34. The van der Waals surface area contributed by atoms with E-state index in [-0.39, 0.29) is 17.0 Å². The first kappa shape index (κ1) is 16.6. The zero-order valence-electron chi connectivity index (χ0n) is 12.6. The number of amides is 2. The van der Waals surface area contributed by atoms with E-state index in [0.717, 1.165) is 12.1 Å². The van der Waals surface area contributed by atoms with Gasteiger partial charge in [0, 0.05) is 5.69 Å². The highest BCUT2D eigenvalue weighted by Gasteiger charge is 2.32. The summed E-state index contributed by atoms with van der Waals surface area (Å²) in [5.74, 6) is -1.54. The third-order valence-corrected chi connectivity index (χ3v) is 3.35. The first-order valence-electron chi connectivity index (χ1n) is 7.12. The molecular formula is C17H11F3N2O3. The summed E-state index contributed by atoms with van der Waals surface area (Å²) in [6.07, 6.45) is -4.78. The maximum Gasteiger partial charge on any atom is 0.573 e. The van der Waals surface area contributed by atoms with Gasteiger partial charge < -0.3 is 10.1 Å². The summed E-state index contributed by atoms with van der Waals surface area (Å²) in [5.41, 5.74) is 1.08. The van der Waals surface area contributed by atoms with Gasteiger partial charge in [0.25, 0.3) is 11.8 Å². The zero-order valence-corrected chi connectivity index (χ0v) is 12.6. The molecule has 1 aliphatic rings. The van der Waals surface area contributed by atoms with Crippen molar-refractivity contribution in [2.24, 2.45) is 0 Å². The van der Waals surface area contributed by atoms with Gasteiger partial charge in [0.05, 0.1) is 5.57 Å². The van der Waals surface area contributed by atoms with Crippen molar-refractivity contribution in [1.82, 2.24) is 5.32 Å². The van der Waals surface area contributed by atoms with Crippen molar-refractivity contribution in [3.05, 3.63) is 65.9 Å². The van der Waals surface area contributed by atoms with Crippen LogP contribution in [0, 0.1) is 0 Å². The molecule has 0 saturated heterocycles. The minimum atomic E-state index is -4.78. The van der Waals surface area contributed by atoms with Gasteiger partial charge in [-0.15, -0.1) is 13.2 Å². The Morgan fingerprint density at radius 3 is 2.12 bits per heavy atom. The monoisotopic (exact) mass is 348 g/mol. The van der Waals surface area contributed by atoms with Crippen LogP contribution < -0.4 is 15.4 Å². The van der Waals surface area contributed by atoms with Crippen LogP contribution in [0.15, 0.2) is 60.3 Å². The molecule has 2 N–H and O–H groups in total. The van der Waals surface area contributed by atoms with Gasteiger partial charge in [0.2, 0.25) is 0 Å². The van der Waals surface area contributed by atoms with Gasteiger partial charge in [-0.2, -0.15) is 0 Å². The number of anilines is 1. The lowest BCUT2D eigenvalue weighted by Gasteiger charge is -2.11. The van der Waals surface area contributed by atoms with Crippen molar-refractivity contribution in [1.29, 1.82) is 0 Å². The molecule has 1 aliphatic heterocycles. The van der Waals surface area contributed by atoms with E-state index >= 15 is 0 Å². The summed E-state index contributed by atoms with van der Waals surface area (Å²) in [7, 11) is 0. The topological polar surface area (TPSA) is 67.4 Å². The summed E-state index contributed by atoms with van der Waals surface area (Å²) >= 11 is 0. The van der Waals surface area contributed by atoms with Crippen molar-refractivity contribution >= 4 is 23.1 Å². The molecule has 2 amide bonds. The van der Waals surface area contributed by atoms with Crippen molar-refractivity contribution in [2.45, 2.75) is 6.36 Å². The van der Waals surface area contributed by atoms with E-state index in [1.54, 1.807) is 30.3 Å². The highest BCUT2D eigenvalue weighted by atomic mass is 19.4. The first-order chi connectivity index (χ1) is 11.8. The predicted molar refractivity (Wildman–Crippen MR) is 83.3 cm³/mol. The molecule has 0 atom stereocenters. The minimum absolute atomic E-state index is 0.0284. The summed E-state index contributed by atoms with van der Waals surface area (Å²) in [6.45, 7) is 0. The van der Waals surface area contributed by atoms with Gasteiger partial charge in [-0.05, 0) is 29.8 Å². The molecule has 0 spiro atoms. The van der Waals surface area contributed by atoms with Crippen LogP contribution >= 0.6 is 0 Å². The number of imide groups is 1. The standard InChI is InChI=1S/C17H11F3N2O3/c18-17(19,20)25-12-8-6-11(7-9-12)21-14-13(15(23)22-16(14)24)10-4-2-1-3-5-10/h1-9H,(H2,21,22,23,24). The molecule has 0 aromatic heterocycles. The lowest BCUT2D eigenvalue weighted by Crippen LogP contribution is -2.24. The Morgan fingerprint density at radius 2 is 1.52 bits per heavy atom. The fourth-order valence-electron chi connectivity index (χ4n) is 2.34. The van der Waals surface area contributed by atoms with E-state index in [2.05, 4.69) is 15.4 Å². The number of carbonyl (C=O) groups is 2.